The van der Waals surface area contributed by atoms with Gasteiger partial charge in [0.25, 0.3) is 0 Å². The molecule has 0 saturated carbocycles. The van der Waals surface area contributed by atoms with E-state index in [0.29, 0.717) is 24.5 Å². The lowest BCUT2D eigenvalue weighted by molar-refractivity contribution is -0.126. The quantitative estimate of drug-likeness (QED) is 0.271. The number of ether oxygens (including phenoxy) is 4. The molecule has 0 aliphatic carbocycles. The van der Waals surface area contributed by atoms with E-state index in [0.717, 1.165) is 47.4 Å². The monoisotopic (exact) mass is 701 g/mol. The van der Waals surface area contributed by atoms with Crippen LogP contribution in [0, 0.1) is 39.4 Å². The molecule has 288 valence electrons. The van der Waals surface area contributed by atoms with Gasteiger partial charge in [-0.2, -0.15) is 0 Å². The molecule has 0 saturated heterocycles. The summed E-state index contributed by atoms with van der Waals surface area (Å²) in [5, 5.41) is 10.0. The third kappa shape index (κ3) is 13.6. The summed E-state index contributed by atoms with van der Waals surface area (Å²) >= 11 is 0. The molecule has 0 radical (unpaired) electrons. The summed E-state index contributed by atoms with van der Waals surface area (Å²) in [7, 11) is 0. The second-order valence-corrected chi connectivity index (χ2v) is 19.1. The van der Waals surface area contributed by atoms with Crippen LogP contribution in [0.25, 0.3) is 0 Å². The fourth-order valence-electron chi connectivity index (χ4n) is 5.74. The van der Waals surface area contributed by atoms with E-state index < -0.39 is 0 Å². The Bertz CT molecular complexity index is 1320. The topological polar surface area (TPSA) is 74.2 Å². The first-order valence-electron chi connectivity index (χ1n) is 18.6. The lowest BCUT2D eigenvalue weighted by atomic mass is 9.75. The molecule has 0 bridgehead atoms. The molecule has 4 rings (SSSR count). The predicted molar refractivity (Wildman–Crippen MR) is 209 cm³/mol. The average Bonchev–Trinajstić information content (AvgIpc) is 2.96. The highest BCUT2D eigenvalue weighted by atomic mass is 16.5. The van der Waals surface area contributed by atoms with Crippen molar-refractivity contribution in [3.8, 4) is 0 Å². The van der Waals surface area contributed by atoms with E-state index in [9.17, 15) is 9.90 Å². The van der Waals surface area contributed by atoms with Crippen LogP contribution in [0.15, 0.2) is 57.0 Å². The first kappa shape index (κ1) is 45.6. The molecule has 0 fully saturated rings. The van der Waals surface area contributed by atoms with Crippen LogP contribution in [0.4, 0.5) is 0 Å². The Morgan fingerprint density at radius 1 is 0.620 bits per heavy atom. The zero-order valence-electron chi connectivity index (χ0n) is 35.9. The number of carbonyl (C=O) groups excluding carboxylic acids is 1. The zero-order chi connectivity index (χ0) is 39.2. The molecule has 4 aliphatic rings. The second-order valence-electron chi connectivity index (χ2n) is 19.1. The first-order chi connectivity index (χ1) is 22.5. The van der Waals surface area contributed by atoms with Gasteiger partial charge in [0, 0.05) is 17.4 Å². The van der Waals surface area contributed by atoms with Gasteiger partial charge in [-0.3, -0.25) is 4.79 Å². The van der Waals surface area contributed by atoms with Crippen molar-refractivity contribution in [2.75, 3.05) is 26.4 Å². The summed E-state index contributed by atoms with van der Waals surface area (Å²) in [4.78, 5) is 11.8. The number of aliphatic hydroxyl groups excluding tert-OH is 1. The Balaban J connectivity index is 0.000000334. The van der Waals surface area contributed by atoms with E-state index in [1.54, 1.807) is 0 Å². The van der Waals surface area contributed by atoms with E-state index >= 15 is 0 Å². The van der Waals surface area contributed by atoms with E-state index in [2.05, 4.69) is 110 Å². The van der Waals surface area contributed by atoms with Gasteiger partial charge in [0.15, 0.2) is 5.78 Å². The summed E-state index contributed by atoms with van der Waals surface area (Å²) < 4.78 is 22.1. The first-order valence-corrected chi connectivity index (χ1v) is 18.6. The third-order valence-electron chi connectivity index (χ3n) is 10.9. The maximum atomic E-state index is 11.8. The van der Waals surface area contributed by atoms with Crippen molar-refractivity contribution in [3.63, 3.8) is 0 Å². The molecule has 0 aromatic rings. The van der Waals surface area contributed by atoms with Crippen molar-refractivity contribution in [3.05, 3.63) is 57.0 Å². The summed E-state index contributed by atoms with van der Waals surface area (Å²) in [5.41, 5.74) is 6.53. The normalized spacial score (nSPS) is 25.0. The molecule has 1 N–H and O–H groups in total. The highest BCUT2D eigenvalue weighted by molar-refractivity contribution is 5.98. The van der Waals surface area contributed by atoms with E-state index in [4.69, 9.17) is 18.9 Å². The van der Waals surface area contributed by atoms with Crippen LogP contribution in [0.2, 0.25) is 0 Å². The summed E-state index contributed by atoms with van der Waals surface area (Å²) in [6, 6.07) is 0. The molecule has 4 unspecified atom stereocenters. The number of allylic oxidation sites excluding steroid dienone is 8. The van der Waals surface area contributed by atoms with Gasteiger partial charge in [0.1, 0.15) is 6.61 Å². The number of Topliss-reactive ketones (excluding diaryl/α,β-unsaturated/α-hetero) is 1. The van der Waals surface area contributed by atoms with E-state index in [-0.39, 0.29) is 40.0 Å². The number of hydrogen-bond acceptors (Lipinski definition) is 6. The SMILES string of the molecule is CC1=C(C)C(=O)C(C(C)(C)C)CO1.CC1=C(C)C(O)C(C(C)(C)C)CO1.CC1=C(C)OCC(C(C)(C)C)=C1.CC1=C(C)OCC(C(C)(C)C)C1. The standard InChI is InChI=1S/C11H20O2.C11H18O2.C11H20O.C11H18O/c2*1-7-8(2)13-6-9(10(7)12)11(3,4)5;2*1-8-6-10(11(3,4)5)7-12-9(8)2/h9-10,12H,6H2,1-5H3;9H,6H2,1-5H3;10H,6-7H2,1-5H3;6H,7H2,1-5H3. The summed E-state index contributed by atoms with van der Waals surface area (Å²) in [6.07, 6.45) is 3.11. The minimum Gasteiger partial charge on any atom is -0.498 e. The number of ketones is 1. The lowest BCUT2D eigenvalue weighted by Gasteiger charge is -2.38. The van der Waals surface area contributed by atoms with Crippen molar-refractivity contribution < 1.29 is 28.8 Å². The Morgan fingerprint density at radius 3 is 1.58 bits per heavy atom. The van der Waals surface area contributed by atoms with Crippen LogP contribution in [-0.4, -0.2) is 43.4 Å². The third-order valence-corrected chi connectivity index (χ3v) is 10.9. The molecule has 0 aromatic heterocycles. The molecular weight excluding hydrogens is 624 g/mol. The van der Waals surface area contributed by atoms with Crippen LogP contribution < -0.4 is 0 Å². The van der Waals surface area contributed by atoms with Gasteiger partial charge in [0.05, 0.1) is 54.9 Å². The molecule has 4 heterocycles. The zero-order valence-corrected chi connectivity index (χ0v) is 35.9. The van der Waals surface area contributed by atoms with E-state index in [1.807, 2.05) is 34.6 Å². The van der Waals surface area contributed by atoms with Crippen molar-refractivity contribution in [1.29, 1.82) is 0 Å². The van der Waals surface area contributed by atoms with Gasteiger partial charge in [-0.05, 0) is 106 Å². The van der Waals surface area contributed by atoms with Gasteiger partial charge in [-0.15, -0.1) is 0 Å². The van der Waals surface area contributed by atoms with Crippen LogP contribution in [-0.2, 0) is 23.7 Å². The fraction of sp³-hybridized carbons (Fsp3) is 0.750. The molecule has 4 atom stereocenters. The summed E-state index contributed by atoms with van der Waals surface area (Å²) in [6.45, 7) is 44.9. The van der Waals surface area contributed by atoms with Crippen LogP contribution in [0.3, 0.4) is 0 Å². The van der Waals surface area contributed by atoms with E-state index in [1.165, 1.54) is 23.1 Å². The maximum Gasteiger partial charge on any atom is 0.168 e. The number of rotatable bonds is 0. The van der Waals surface area contributed by atoms with Crippen molar-refractivity contribution >= 4 is 5.78 Å². The Labute approximate surface area is 307 Å². The highest BCUT2D eigenvalue weighted by Gasteiger charge is 2.37. The van der Waals surface area contributed by atoms with Gasteiger partial charge >= 0.3 is 0 Å². The Kier molecular flexibility index (Phi) is 16.3. The van der Waals surface area contributed by atoms with Crippen LogP contribution in [0.5, 0.6) is 0 Å². The second kappa shape index (κ2) is 17.8. The van der Waals surface area contributed by atoms with Gasteiger partial charge < -0.3 is 24.1 Å². The van der Waals surface area contributed by atoms with Gasteiger partial charge in [-0.1, -0.05) is 89.2 Å². The van der Waals surface area contributed by atoms with Crippen molar-refractivity contribution in [1.82, 2.24) is 0 Å². The minimum absolute atomic E-state index is 0.000949. The Hall–Kier alpha value is -2.47. The number of carbonyl (C=O) groups is 1. The molecular formula is C44H76O6. The number of hydrogen-bond donors (Lipinski definition) is 1. The minimum atomic E-state index is -0.339. The Morgan fingerprint density at radius 2 is 1.14 bits per heavy atom. The average molecular weight is 701 g/mol. The highest BCUT2D eigenvalue weighted by Crippen LogP contribution is 2.37. The van der Waals surface area contributed by atoms with Gasteiger partial charge in [0.2, 0.25) is 0 Å². The van der Waals surface area contributed by atoms with Crippen LogP contribution in [0.1, 0.15) is 145 Å². The largest absolute Gasteiger partial charge is 0.498 e. The van der Waals surface area contributed by atoms with Crippen LogP contribution >= 0.6 is 0 Å². The molecule has 0 aromatic carbocycles. The van der Waals surface area contributed by atoms with Crippen molar-refractivity contribution in [2.45, 2.75) is 151 Å². The lowest BCUT2D eigenvalue weighted by Crippen LogP contribution is -2.39. The molecule has 0 spiro atoms. The fourth-order valence-corrected chi connectivity index (χ4v) is 5.74. The maximum absolute atomic E-state index is 11.8. The van der Waals surface area contributed by atoms with Crippen molar-refractivity contribution in [2.24, 2.45) is 39.4 Å². The molecule has 6 heteroatoms. The molecule has 6 nitrogen and oxygen atoms in total. The molecule has 50 heavy (non-hydrogen) atoms. The summed E-state index contributed by atoms with van der Waals surface area (Å²) in [5.74, 6) is 5.00. The predicted octanol–water partition coefficient (Wildman–Crippen LogP) is 11.5. The molecule has 0 amide bonds. The van der Waals surface area contributed by atoms with Gasteiger partial charge in [-0.25, -0.2) is 0 Å². The smallest absolute Gasteiger partial charge is 0.168 e. The number of aliphatic hydroxyl groups is 1. The molecule has 4 aliphatic heterocycles.